The number of aromatic nitrogens is 1. The molecular formula is C18H17N3O3S. The highest BCUT2D eigenvalue weighted by Crippen LogP contribution is 2.31. The molecule has 0 spiro atoms. The third-order valence-electron chi connectivity index (χ3n) is 3.50. The largest absolute Gasteiger partial charge is 0.497 e. The number of benzene rings is 2. The predicted octanol–water partition coefficient (Wildman–Crippen LogP) is 3.70. The molecule has 7 heteroatoms. The summed E-state index contributed by atoms with van der Waals surface area (Å²) in [6, 6.07) is 13.0. The summed E-state index contributed by atoms with van der Waals surface area (Å²) in [5, 5.41) is 6.10. The minimum Gasteiger partial charge on any atom is -0.497 e. The summed E-state index contributed by atoms with van der Waals surface area (Å²) in [6.45, 7) is 1.46. The topological polar surface area (TPSA) is 64.0 Å². The minimum atomic E-state index is -0.212. The predicted molar refractivity (Wildman–Crippen MR) is 99.9 cm³/mol. The van der Waals surface area contributed by atoms with E-state index in [1.807, 2.05) is 42.5 Å². The third kappa shape index (κ3) is 3.77. The maximum Gasteiger partial charge on any atom is 0.246 e. The van der Waals surface area contributed by atoms with Gasteiger partial charge in [0.25, 0.3) is 0 Å². The minimum absolute atomic E-state index is 0.212. The fourth-order valence-corrected chi connectivity index (χ4v) is 3.19. The van der Waals surface area contributed by atoms with Gasteiger partial charge in [-0.3, -0.25) is 4.79 Å². The Balaban J connectivity index is 1.89. The summed E-state index contributed by atoms with van der Waals surface area (Å²) >= 11 is 1.38. The number of ether oxygens (including phenoxy) is 2. The van der Waals surface area contributed by atoms with E-state index < -0.39 is 0 Å². The van der Waals surface area contributed by atoms with E-state index in [1.165, 1.54) is 23.3 Å². The third-order valence-corrected chi connectivity index (χ3v) is 4.50. The molecule has 128 valence electrons. The van der Waals surface area contributed by atoms with E-state index in [4.69, 9.17) is 9.47 Å². The number of anilines is 1. The first kappa shape index (κ1) is 16.9. The van der Waals surface area contributed by atoms with Crippen LogP contribution in [0.15, 0.2) is 47.6 Å². The number of carbonyl (C=O) groups is 1. The molecule has 0 atom stereocenters. The number of carbonyl (C=O) groups excluding carboxylic acids is 1. The molecule has 0 aliphatic rings. The Labute approximate surface area is 149 Å². The van der Waals surface area contributed by atoms with Gasteiger partial charge < -0.3 is 9.47 Å². The first-order valence-corrected chi connectivity index (χ1v) is 8.35. The summed E-state index contributed by atoms with van der Waals surface area (Å²) in [7, 11) is 3.23. The zero-order chi connectivity index (χ0) is 17.8. The number of fused-ring (bicyclic) bond motifs is 1. The molecule has 3 aromatic rings. The standard InChI is InChI=1S/C18H17N3O3S/c1-12(22)21(19-11-13-4-6-14(23-2)7-5-13)18-20-16-9-8-15(24-3)10-17(16)25-18/h4-11H,1-3H3/b19-11+. The van der Waals surface area contributed by atoms with Gasteiger partial charge in [-0.1, -0.05) is 11.3 Å². The van der Waals surface area contributed by atoms with Crippen LogP contribution in [0.5, 0.6) is 11.5 Å². The van der Waals surface area contributed by atoms with Crippen LogP contribution in [0.1, 0.15) is 12.5 Å². The van der Waals surface area contributed by atoms with Crippen LogP contribution < -0.4 is 14.5 Å². The molecule has 0 aliphatic heterocycles. The van der Waals surface area contributed by atoms with Crippen molar-refractivity contribution in [2.24, 2.45) is 5.10 Å². The second-order valence-electron chi connectivity index (χ2n) is 5.18. The van der Waals surface area contributed by atoms with Crippen LogP contribution >= 0.6 is 11.3 Å². The fraction of sp³-hybridized carbons (Fsp3) is 0.167. The molecule has 0 saturated heterocycles. The Morgan fingerprint density at radius 3 is 2.44 bits per heavy atom. The molecule has 0 unspecified atom stereocenters. The molecule has 0 N–H and O–H groups in total. The van der Waals surface area contributed by atoms with Crippen molar-refractivity contribution >= 4 is 38.8 Å². The maximum absolute atomic E-state index is 12.0. The lowest BCUT2D eigenvalue weighted by molar-refractivity contribution is -0.116. The summed E-state index contributed by atoms with van der Waals surface area (Å²) in [5.74, 6) is 1.30. The molecule has 0 saturated carbocycles. The number of hydrazone groups is 1. The Hall–Kier alpha value is -2.93. The first-order valence-electron chi connectivity index (χ1n) is 7.54. The van der Waals surface area contributed by atoms with Gasteiger partial charge in [0.1, 0.15) is 11.5 Å². The number of methoxy groups -OCH3 is 2. The number of rotatable bonds is 5. The van der Waals surface area contributed by atoms with Gasteiger partial charge in [0.2, 0.25) is 11.0 Å². The van der Waals surface area contributed by atoms with Gasteiger partial charge in [-0.05, 0) is 48.0 Å². The van der Waals surface area contributed by atoms with E-state index in [9.17, 15) is 4.79 Å². The van der Waals surface area contributed by atoms with Crippen molar-refractivity contribution in [1.82, 2.24) is 4.98 Å². The number of hydrogen-bond donors (Lipinski definition) is 0. The SMILES string of the molecule is COc1ccc(/C=N/N(C(C)=O)c2nc3ccc(OC)cc3s2)cc1. The molecule has 3 rings (SSSR count). The average molecular weight is 355 g/mol. The van der Waals surface area contributed by atoms with Crippen molar-refractivity contribution in [3.05, 3.63) is 48.0 Å². The number of hydrogen-bond acceptors (Lipinski definition) is 6. The molecule has 0 bridgehead atoms. The summed E-state index contributed by atoms with van der Waals surface area (Å²) in [4.78, 5) is 16.5. The molecule has 0 aliphatic carbocycles. The molecule has 2 aromatic carbocycles. The first-order chi connectivity index (χ1) is 12.1. The van der Waals surface area contributed by atoms with E-state index >= 15 is 0 Å². The Kier molecular flexibility index (Phi) is 4.95. The van der Waals surface area contributed by atoms with Crippen molar-refractivity contribution in [1.29, 1.82) is 0 Å². The smallest absolute Gasteiger partial charge is 0.246 e. The highest BCUT2D eigenvalue weighted by Gasteiger charge is 2.15. The Morgan fingerprint density at radius 1 is 1.12 bits per heavy atom. The fourth-order valence-electron chi connectivity index (χ4n) is 2.19. The highest BCUT2D eigenvalue weighted by atomic mass is 32.1. The van der Waals surface area contributed by atoms with Crippen molar-refractivity contribution in [2.75, 3.05) is 19.2 Å². The van der Waals surface area contributed by atoms with Crippen LogP contribution in [0.2, 0.25) is 0 Å². The molecule has 1 aromatic heterocycles. The van der Waals surface area contributed by atoms with Crippen LogP contribution in [0.3, 0.4) is 0 Å². The molecule has 0 radical (unpaired) electrons. The zero-order valence-corrected chi connectivity index (χ0v) is 14.9. The lowest BCUT2D eigenvalue weighted by Gasteiger charge is -2.10. The maximum atomic E-state index is 12.0. The monoisotopic (exact) mass is 355 g/mol. The van der Waals surface area contributed by atoms with E-state index in [2.05, 4.69) is 10.1 Å². The van der Waals surface area contributed by atoms with Crippen LogP contribution in [0.25, 0.3) is 10.2 Å². The second-order valence-corrected chi connectivity index (χ2v) is 6.19. The molecule has 1 amide bonds. The zero-order valence-electron chi connectivity index (χ0n) is 14.1. The molecule has 6 nitrogen and oxygen atoms in total. The van der Waals surface area contributed by atoms with E-state index in [0.717, 1.165) is 27.3 Å². The number of nitrogens with zero attached hydrogens (tertiary/aromatic N) is 3. The van der Waals surface area contributed by atoms with Crippen LogP contribution in [-0.2, 0) is 4.79 Å². The van der Waals surface area contributed by atoms with Crippen molar-refractivity contribution in [2.45, 2.75) is 6.92 Å². The van der Waals surface area contributed by atoms with E-state index in [0.29, 0.717) is 5.13 Å². The summed E-state index contributed by atoms with van der Waals surface area (Å²) < 4.78 is 11.3. The van der Waals surface area contributed by atoms with Crippen molar-refractivity contribution in [3.8, 4) is 11.5 Å². The summed E-state index contributed by atoms with van der Waals surface area (Å²) in [5.41, 5.74) is 1.65. The molecule has 0 fully saturated rings. The molecular weight excluding hydrogens is 338 g/mol. The van der Waals surface area contributed by atoms with Gasteiger partial charge in [-0.2, -0.15) is 10.1 Å². The van der Waals surface area contributed by atoms with E-state index in [-0.39, 0.29) is 5.91 Å². The van der Waals surface area contributed by atoms with Gasteiger partial charge >= 0.3 is 0 Å². The Bertz CT molecular complexity index is 919. The number of thiazole rings is 1. The van der Waals surface area contributed by atoms with Gasteiger partial charge in [0.05, 0.1) is 30.7 Å². The van der Waals surface area contributed by atoms with Gasteiger partial charge in [0.15, 0.2) is 0 Å². The van der Waals surface area contributed by atoms with Crippen molar-refractivity contribution < 1.29 is 14.3 Å². The quantitative estimate of drug-likeness (QED) is 0.517. The number of amides is 1. The van der Waals surface area contributed by atoms with E-state index in [1.54, 1.807) is 20.4 Å². The summed E-state index contributed by atoms with van der Waals surface area (Å²) in [6.07, 6.45) is 1.62. The lowest BCUT2D eigenvalue weighted by Crippen LogP contribution is -2.22. The average Bonchev–Trinajstić information content (AvgIpc) is 3.04. The van der Waals surface area contributed by atoms with Crippen LogP contribution in [-0.4, -0.2) is 31.3 Å². The van der Waals surface area contributed by atoms with Gasteiger partial charge in [-0.25, -0.2) is 4.98 Å². The van der Waals surface area contributed by atoms with Gasteiger partial charge in [-0.15, -0.1) is 0 Å². The van der Waals surface area contributed by atoms with Crippen LogP contribution in [0, 0.1) is 0 Å². The molecule has 25 heavy (non-hydrogen) atoms. The molecule has 1 heterocycles. The van der Waals surface area contributed by atoms with Crippen LogP contribution in [0.4, 0.5) is 5.13 Å². The Morgan fingerprint density at radius 2 is 1.80 bits per heavy atom. The highest BCUT2D eigenvalue weighted by molar-refractivity contribution is 7.22. The van der Waals surface area contributed by atoms with Gasteiger partial charge in [0, 0.05) is 6.92 Å². The normalized spacial score (nSPS) is 11.0. The van der Waals surface area contributed by atoms with Crippen molar-refractivity contribution in [3.63, 3.8) is 0 Å². The lowest BCUT2D eigenvalue weighted by atomic mass is 10.2. The second kappa shape index (κ2) is 7.31.